The van der Waals surface area contributed by atoms with Crippen LogP contribution in [0.5, 0.6) is 0 Å². The molecule has 1 heterocycles. The van der Waals surface area contributed by atoms with Crippen LogP contribution >= 0.6 is 0 Å². The van der Waals surface area contributed by atoms with E-state index in [2.05, 4.69) is 15.0 Å². The molecule has 0 spiro atoms. The standard InChI is InChI=1S/C6H7N3O5/c10-3(11)1-2-7-5(12)4-8-6(13)14-9-4/h1-2H2,(H,7,12)(H,10,11)(H,8,9,13). The number of aromatic amines is 1. The van der Waals surface area contributed by atoms with E-state index >= 15 is 0 Å². The molecule has 1 rings (SSSR count). The highest BCUT2D eigenvalue weighted by atomic mass is 16.5. The summed E-state index contributed by atoms with van der Waals surface area (Å²) >= 11 is 0. The SMILES string of the molecule is O=C(O)CCNC(=O)c1noc(=O)[nH]1. The Morgan fingerprint density at radius 1 is 1.57 bits per heavy atom. The maximum Gasteiger partial charge on any atom is 0.439 e. The van der Waals surface area contributed by atoms with Crippen molar-refractivity contribution in [3.8, 4) is 0 Å². The van der Waals surface area contributed by atoms with E-state index in [1.807, 2.05) is 4.98 Å². The van der Waals surface area contributed by atoms with E-state index in [1.54, 1.807) is 0 Å². The van der Waals surface area contributed by atoms with E-state index in [1.165, 1.54) is 0 Å². The van der Waals surface area contributed by atoms with Crippen molar-refractivity contribution in [1.82, 2.24) is 15.5 Å². The van der Waals surface area contributed by atoms with E-state index in [4.69, 9.17) is 5.11 Å². The average molecular weight is 201 g/mol. The number of H-pyrrole nitrogens is 1. The number of aliphatic carboxylic acids is 1. The predicted octanol–water partition coefficient (Wildman–Crippen LogP) is -1.43. The largest absolute Gasteiger partial charge is 0.481 e. The maximum atomic E-state index is 11.0. The predicted molar refractivity (Wildman–Crippen MR) is 41.7 cm³/mol. The van der Waals surface area contributed by atoms with Crippen molar-refractivity contribution in [3.63, 3.8) is 0 Å². The lowest BCUT2D eigenvalue weighted by Crippen LogP contribution is -2.27. The molecule has 8 nitrogen and oxygen atoms in total. The third-order valence-electron chi connectivity index (χ3n) is 1.28. The summed E-state index contributed by atoms with van der Waals surface area (Å²) in [5.41, 5.74) is 0. The Labute approximate surface area is 76.9 Å². The summed E-state index contributed by atoms with van der Waals surface area (Å²) in [7, 11) is 0. The summed E-state index contributed by atoms with van der Waals surface area (Å²) in [4.78, 5) is 33.6. The van der Waals surface area contributed by atoms with Gasteiger partial charge in [-0.3, -0.25) is 19.1 Å². The third-order valence-corrected chi connectivity index (χ3v) is 1.28. The smallest absolute Gasteiger partial charge is 0.439 e. The lowest BCUT2D eigenvalue weighted by molar-refractivity contribution is -0.136. The van der Waals surface area contributed by atoms with Gasteiger partial charge in [0.15, 0.2) is 0 Å². The summed E-state index contributed by atoms with van der Waals surface area (Å²) in [6.45, 7) is -0.0386. The zero-order chi connectivity index (χ0) is 10.6. The number of hydrogen-bond donors (Lipinski definition) is 3. The number of hydrogen-bond acceptors (Lipinski definition) is 5. The van der Waals surface area contributed by atoms with Crippen molar-refractivity contribution in [1.29, 1.82) is 0 Å². The summed E-state index contributed by atoms with van der Waals surface area (Å²) in [5, 5.41) is 13.6. The van der Waals surface area contributed by atoms with Crippen LogP contribution in [0, 0.1) is 0 Å². The first-order valence-electron chi connectivity index (χ1n) is 3.65. The van der Waals surface area contributed by atoms with Gasteiger partial charge in [0.2, 0.25) is 5.82 Å². The summed E-state index contributed by atoms with van der Waals surface area (Å²) in [6, 6.07) is 0. The Kier molecular flexibility index (Phi) is 3.00. The van der Waals surface area contributed by atoms with E-state index in [0.29, 0.717) is 0 Å². The zero-order valence-corrected chi connectivity index (χ0v) is 6.94. The number of nitrogens with one attached hydrogen (secondary N) is 2. The van der Waals surface area contributed by atoms with Gasteiger partial charge in [-0.05, 0) is 5.16 Å². The molecule has 1 aromatic rings. The van der Waals surface area contributed by atoms with Crippen LogP contribution < -0.4 is 11.1 Å². The molecule has 14 heavy (non-hydrogen) atoms. The van der Waals surface area contributed by atoms with Crippen LogP contribution in [0.3, 0.4) is 0 Å². The van der Waals surface area contributed by atoms with Crippen LogP contribution in [0.2, 0.25) is 0 Å². The van der Waals surface area contributed by atoms with Crippen molar-refractivity contribution in [2.75, 3.05) is 6.54 Å². The molecule has 76 valence electrons. The first-order valence-corrected chi connectivity index (χ1v) is 3.65. The molecule has 0 aliphatic rings. The lowest BCUT2D eigenvalue weighted by Gasteiger charge is -1.97. The number of aromatic nitrogens is 2. The van der Waals surface area contributed by atoms with E-state index in [0.717, 1.165) is 0 Å². The summed E-state index contributed by atoms with van der Waals surface area (Å²) < 4.78 is 4.07. The Balaban J connectivity index is 2.43. The van der Waals surface area contributed by atoms with Gasteiger partial charge in [-0.15, -0.1) is 0 Å². The van der Waals surface area contributed by atoms with Gasteiger partial charge in [-0.2, -0.15) is 0 Å². The molecule has 3 N–H and O–H groups in total. The van der Waals surface area contributed by atoms with Gasteiger partial charge in [0.1, 0.15) is 0 Å². The van der Waals surface area contributed by atoms with E-state index < -0.39 is 17.6 Å². The van der Waals surface area contributed by atoms with Gasteiger partial charge >= 0.3 is 11.7 Å². The number of carbonyl (C=O) groups is 2. The van der Waals surface area contributed by atoms with Crippen molar-refractivity contribution in [2.45, 2.75) is 6.42 Å². The fraction of sp³-hybridized carbons (Fsp3) is 0.333. The van der Waals surface area contributed by atoms with E-state index in [9.17, 15) is 14.4 Å². The molecule has 0 aromatic carbocycles. The first-order chi connectivity index (χ1) is 6.59. The van der Waals surface area contributed by atoms with Crippen molar-refractivity contribution >= 4 is 11.9 Å². The molecular formula is C6H7N3O5. The average Bonchev–Trinajstić information content (AvgIpc) is 2.51. The molecule has 0 saturated heterocycles. The number of carboxylic acids is 1. The van der Waals surface area contributed by atoms with Gasteiger partial charge in [-0.1, -0.05) is 0 Å². The normalized spacial score (nSPS) is 9.71. The summed E-state index contributed by atoms with van der Waals surface area (Å²) in [6.07, 6.45) is -0.201. The topological polar surface area (TPSA) is 125 Å². The third kappa shape index (κ3) is 2.73. The number of carboxylic acid groups (broad SMARTS) is 1. The minimum atomic E-state index is -1.03. The van der Waals surface area contributed by atoms with Crippen molar-refractivity contribution in [3.05, 3.63) is 16.4 Å². The monoisotopic (exact) mass is 201 g/mol. The summed E-state index contributed by atoms with van der Waals surface area (Å²) in [5.74, 6) is -2.83. The molecule has 8 heteroatoms. The Morgan fingerprint density at radius 3 is 2.79 bits per heavy atom. The molecule has 0 aliphatic carbocycles. The highest BCUT2D eigenvalue weighted by molar-refractivity contribution is 5.90. The van der Waals surface area contributed by atoms with Crippen LogP contribution in [0.4, 0.5) is 0 Å². The second-order valence-corrected chi connectivity index (χ2v) is 2.34. The van der Waals surface area contributed by atoms with Gasteiger partial charge in [-0.25, -0.2) is 4.79 Å². The second kappa shape index (κ2) is 4.21. The number of amides is 1. The fourth-order valence-corrected chi connectivity index (χ4v) is 0.694. The molecule has 0 bridgehead atoms. The van der Waals surface area contributed by atoms with Gasteiger partial charge in [0, 0.05) is 6.54 Å². The second-order valence-electron chi connectivity index (χ2n) is 2.34. The molecule has 1 aromatic heterocycles. The zero-order valence-electron chi connectivity index (χ0n) is 6.94. The van der Waals surface area contributed by atoms with Crippen LogP contribution in [0.15, 0.2) is 9.32 Å². The lowest BCUT2D eigenvalue weighted by atomic mass is 10.4. The Bertz CT molecular complexity index is 392. The molecule has 1 amide bonds. The Hall–Kier alpha value is -2.12. The number of carbonyl (C=O) groups excluding carboxylic acids is 1. The molecule has 0 unspecified atom stereocenters. The molecular weight excluding hydrogens is 194 g/mol. The minimum Gasteiger partial charge on any atom is -0.481 e. The molecule has 0 fully saturated rings. The van der Waals surface area contributed by atoms with Crippen LogP contribution in [-0.4, -0.2) is 33.7 Å². The molecule has 0 radical (unpaired) electrons. The molecule has 0 saturated carbocycles. The number of nitrogens with zero attached hydrogens (tertiary/aromatic N) is 1. The highest BCUT2D eigenvalue weighted by Gasteiger charge is 2.10. The van der Waals surface area contributed by atoms with Gasteiger partial charge < -0.3 is 10.4 Å². The van der Waals surface area contributed by atoms with Crippen molar-refractivity contribution < 1.29 is 19.2 Å². The van der Waals surface area contributed by atoms with Crippen LogP contribution in [-0.2, 0) is 4.79 Å². The van der Waals surface area contributed by atoms with Crippen LogP contribution in [0.1, 0.15) is 17.0 Å². The molecule has 0 atom stereocenters. The van der Waals surface area contributed by atoms with E-state index in [-0.39, 0.29) is 18.8 Å². The number of rotatable bonds is 4. The molecule has 0 aliphatic heterocycles. The maximum absolute atomic E-state index is 11.0. The van der Waals surface area contributed by atoms with Crippen molar-refractivity contribution in [2.24, 2.45) is 0 Å². The highest BCUT2D eigenvalue weighted by Crippen LogP contribution is 1.84. The van der Waals surface area contributed by atoms with Crippen LogP contribution in [0.25, 0.3) is 0 Å². The van der Waals surface area contributed by atoms with Gasteiger partial charge in [0.25, 0.3) is 5.91 Å². The van der Waals surface area contributed by atoms with Gasteiger partial charge in [0.05, 0.1) is 6.42 Å². The fourth-order valence-electron chi connectivity index (χ4n) is 0.694. The first kappa shape index (κ1) is 9.96. The quantitative estimate of drug-likeness (QED) is 0.548. The Morgan fingerprint density at radius 2 is 2.29 bits per heavy atom. The minimum absolute atomic E-state index is 0.0386.